The predicted molar refractivity (Wildman–Crippen MR) is 67.6 cm³/mol. The lowest BCUT2D eigenvalue weighted by Gasteiger charge is -2.19. The summed E-state index contributed by atoms with van der Waals surface area (Å²) in [5.74, 6) is 1.20. The van der Waals surface area contributed by atoms with Crippen LogP contribution in [0.25, 0.3) is 0 Å². The average Bonchev–Trinajstić information content (AvgIpc) is 2.78. The molecule has 1 nitrogen and oxygen atoms in total. The molecule has 1 atom stereocenters. The Morgan fingerprint density at radius 2 is 2.06 bits per heavy atom. The Morgan fingerprint density at radius 3 is 2.69 bits per heavy atom. The molecule has 0 amide bonds. The maximum absolute atomic E-state index is 9.53. The molecule has 1 aromatic rings. The first kappa shape index (κ1) is 11.7. The molecule has 0 radical (unpaired) electrons. The lowest BCUT2D eigenvalue weighted by atomic mass is 9.88. The van der Waals surface area contributed by atoms with Gasteiger partial charge >= 0.3 is 0 Å². The molecule has 1 saturated carbocycles. The lowest BCUT2D eigenvalue weighted by molar-refractivity contribution is 0.244. The van der Waals surface area contributed by atoms with Gasteiger partial charge in [-0.2, -0.15) is 0 Å². The quantitative estimate of drug-likeness (QED) is 0.818. The first-order valence-corrected chi connectivity index (χ1v) is 6.47. The van der Waals surface area contributed by atoms with Crippen LogP contribution in [-0.2, 0) is 0 Å². The van der Waals surface area contributed by atoms with Crippen LogP contribution in [0.2, 0.25) is 0 Å². The monoisotopic (exact) mass is 218 g/mol. The second-order valence-electron chi connectivity index (χ2n) is 5.18. The van der Waals surface area contributed by atoms with Gasteiger partial charge in [0.25, 0.3) is 0 Å². The van der Waals surface area contributed by atoms with E-state index in [-0.39, 0.29) is 0 Å². The van der Waals surface area contributed by atoms with Crippen LogP contribution in [0, 0.1) is 12.8 Å². The van der Waals surface area contributed by atoms with Crippen LogP contribution >= 0.6 is 0 Å². The van der Waals surface area contributed by atoms with Crippen molar-refractivity contribution in [3.05, 3.63) is 35.4 Å². The van der Waals surface area contributed by atoms with Crippen molar-refractivity contribution in [3.63, 3.8) is 0 Å². The van der Waals surface area contributed by atoms with Crippen molar-refractivity contribution in [1.82, 2.24) is 0 Å². The van der Waals surface area contributed by atoms with Crippen LogP contribution in [0.1, 0.15) is 49.1 Å². The summed E-state index contributed by atoms with van der Waals surface area (Å²) in [6.07, 6.45) is 6.66. The fraction of sp³-hybridized carbons (Fsp3) is 0.600. The van der Waals surface area contributed by atoms with Gasteiger partial charge in [0.1, 0.15) is 0 Å². The fourth-order valence-corrected chi connectivity index (χ4v) is 2.89. The molecule has 1 heteroatoms. The molecule has 0 heterocycles. The highest BCUT2D eigenvalue weighted by atomic mass is 16.3. The van der Waals surface area contributed by atoms with E-state index in [9.17, 15) is 5.11 Å². The zero-order valence-electron chi connectivity index (χ0n) is 10.2. The van der Waals surface area contributed by atoms with E-state index in [1.807, 2.05) is 0 Å². The third kappa shape index (κ3) is 2.85. The van der Waals surface area contributed by atoms with Gasteiger partial charge in [-0.25, -0.2) is 0 Å². The first-order chi connectivity index (χ1) is 7.79. The molecule has 16 heavy (non-hydrogen) atoms. The Kier molecular flexibility index (Phi) is 4.00. The zero-order chi connectivity index (χ0) is 11.4. The standard InChI is InChI=1S/C15H22O/c1-12-5-4-8-14(9-12)15(11-16)10-13-6-2-3-7-13/h4-5,8-9,13,15-16H,2-3,6-7,10-11H2,1H3. The van der Waals surface area contributed by atoms with Crippen LogP contribution < -0.4 is 0 Å². The normalized spacial score (nSPS) is 18.9. The summed E-state index contributed by atoms with van der Waals surface area (Å²) >= 11 is 0. The third-order valence-corrected chi connectivity index (χ3v) is 3.83. The van der Waals surface area contributed by atoms with Gasteiger partial charge in [0.15, 0.2) is 0 Å². The van der Waals surface area contributed by atoms with Crippen molar-refractivity contribution in [3.8, 4) is 0 Å². The van der Waals surface area contributed by atoms with Crippen molar-refractivity contribution < 1.29 is 5.11 Å². The van der Waals surface area contributed by atoms with Gasteiger partial charge in [-0.05, 0) is 24.8 Å². The molecule has 1 fully saturated rings. The predicted octanol–water partition coefficient (Wildman–Crippen LogP) is 3.65. The number of rotatable bonds is 4. The number of hydrogen-bond donors (Lipinski definition) is 1. The number of aliphatic hydroxyl groups excluding tert-OH is 1. The van der Waals surface area contributed by atoms with Crippen molar-refractivity contribution in [1.29, 1.82) is 0 Å². The number of aryl methyl sites for hydroxylation is 1. The molecule has 0 aromatic heterocycles. The molecular formula is C15H22O. The molecule has 1 aliphatic rings. The minimum absolute atomic E-state index is 0.292. The third-order valence-electron chi connectivity index (χ3n) is 3.83. The van der Waals surface area contributed by atoms with E-state index in [0.29, 0.717) is 12.5 Å². The Bertz CT molecular complexity index is 326. The smallest absolute Gasteiger partial charge is 0.0499 e. The van der Waals surface area contributed by atoms with Crippen molar-refractivity contribution in [2.24, 2.45) is 5.92 Å². The fourth-order valence-electron chi connectivity index (χ4n) is 2.89. The summed E-state index contributed by atoms with van der Waals surface area (Å²) in [5, 5.41) is 9.53. The minimum atomic E-state index is 0.292. The largest absolute Gasteiger partial charge is 0.396 e. The van der Waals surface area contributed by atoms with Gasteiger partial charge in [-0.3, -0.25) is 0 Å². The Balaban J connectivity index is 2.03. The molecule has 1 aliphatic carbocycles. The van der Waals surface area contributed by atoms with Gasteiger partial charge in [0, 0.05) is 12.5 Å². The van der Waals surface area contributed by atoms with Gasteiger partial charge in [0.2, 0.25) is 0 Å². The zero-order valence-corrected chi connectivity index (χ0v) is 10.2. The van der Waals surface area contributed by atoms with E-state index in [4.69, 9.17) is 0 Å². The number of aliphatic hydroxyl groups is 1. The van der Waals surface area contributed by atoms with E-state index >= 15 is 0 Å². The summed E-state index contributed by atoms with van der Waals surface area (Å²) in [6.45, 7) is 2.41. The minimum Gasteiger partial charge on any atom is -0.396 e. The molecule has 88 valence electrons. The summed E-state index contributed by atoms with van der Waals surface area (Å²) in [6, 6.07) is 8.59. The van der Waals surface area contributed by atoms with E-state index in [2.05, 4.69) is 31.2 Å². The van der Waals surface area contributed by atoms with Crippen LogP contribution in [0.15, 0.2) is 24.3 Å². The molecule has 1 aromatic carbocycles. The summed E-state index contributed by atoms with van der Waals surface area (Å²) < 4.78 is 0. The second-order valence-corrected chi connectivity index (χ2v) is 5.18. The van der Waals surface area contributed by atoms with Crippen LogP contribution in [0.3, 0.4) is 0 Å². The lowest BCUT2D eigenvalue weighted by Crippen LogP contribution is -2.09. The summed E-state index contributed by atoms with van der Waals surface area (Å²) in [7, 11) is 0. The Morgan fingerprint density at radius 1 is 1.31 bits per heavy atom. The highest BCUT2D eigenvalue weighted by Crippen LogP contribution is 2.34. The Labute approximate surface area is 98.5 Å². The summed E-state index contributed by atoms with van der Waals surface area (Å²) in [5.41, 5.74) is 2.61. The van der Waals surface area contributed by atoms with Crippen LogP contribution in [-0.4, -0.2) is 11.7 Å². The van der Waals surface area contributed by atoms with E-state index in [1.54, 1.807) is 0 Å². The van der Waals surface area contributed by atoms with Gasteiger partial charge in [0.05, 0.1) is 0 Å². The average molecular weight is 218 g/mol. The first-order valence-electron chi connectivity index (χ1n) is 6.47. The summed E-state index contributed by atoms with van der Waals surface area (Å²) in [4.78, 5) is 0. The van der Waals surface area contributed by atoms with Crippen molar-refractivity contribution in [2.75, 3.05) is 6.61 Å². The number of benzene rings is 1. The van der Waals surface area contributed by atoms with Crippen LogP contribution in [0.4, 0.5) is 0 Å². The molecule has 2 rings (SSSR count). The molecule has 0 aliphatic heterocycles. The highest BCUT2D eigenvalue weighted by molar-refractivity contribution is 5.25. The SMILES string of the molecule is Cc1cccc(C(CO)CC2CCCC2)c1. The maximum atomic E-state index is 9.53. The van der Waals surface area contributed by atoms with E-state index < -0.39 is 0 Å². The Hall–Kier alpha value is -0.820. The molecule has 0 bridgehead atoms. The molecular weight excluding hydrogens is 196 g/mol. The highest BCUT2D eigenvalue weighted by Gasteiger charge is 2.20. The number of hydrogen-bond acceptors (Lipinski definition) is 1. The second kappa shape index (κ2) is 5.49. The van der Waals surface area contributed by atoms with E-state index in [0.717, 1.165) is 5.92 Å². The van der Waals surface area contributed by atoms with Crippen LogP contribution in [0.5, 0.6) is 0 Å². The van der Waals surface area contributed by atoms with Crippen molar-refractivity contribution >= 4 is 0 Å². The van der Waals surface area contributed by atoms with Gasteiger partial charge in [-0.1, -0.05) is 55.5 Å². The molecule has 1 unspecified atom stereocenters. The van der Waals surface area contributed by atoms with Gasteiger partial charge in [-0.15, -0.1) is 0 Å². The van der Waals surface area contributed by atoms with Crippen molar-refractivity contribution in [2.45, 2.75) is 44.9 Å². The topological polar surface area (TPSA) is 20.2 Å². The van der Waals surface area contributed by atoms with Gasteiger partial charge < -0.3 is 5.11 Å². The van der Waals surface area contributed by atoms with E-state index in [1.165, 1.54) is 43.2 Å². The molecule has 0 spiro atoms. The molecule has 1 N–H and O–H groups in total. The molecule has 0 saturated heterocycles. The maximum Gasteiger partial charge on any atom is 0.0499 e.